The summed E-state index contributed by atoms with van der Waals surface area (Å²) in [5.41, 5.74) is 2.10. The number of hydrogen-bond donors (Lipinski definition) is 1. The number of fused-ring (bicyclic) bond motifs is 1. The molecule has 0 bridgehead atoms. The maximum Gasteiger partial charge on any atom is 0.169 e. The molecule has 1 aliphatic carbocycles. The van der Waals surface area contributed by atoms with Crippen molar-refractivity contribution in [2.24, 2.45) is 5.92 Å². The Balaban J connectivity index is 2.42. The molecule has 3 heteroatoms. The zero-order chi connectivity index (χ0) is 11.0. The molecule has 3 nitrogen and oxygen atoms in total. The zero-order valence-electron chi connectivity index (χ0n) is 8.40. The van der Waals surface area contributed by atoms with Crippen molar-refractivity contribution in [1.29, 1.82) is 5.26 Å². The van der Waals surface area contributed by atoms with E-state index in [9.17, 15) is 9.90 Å². The van der Waals surface area contributed by atoms with Gasteiger partial charge in [0.15, 0.2) is 5.78 Å². The fourth-order valence-corrected chi connectivity index (χ4v) is 1.99. The number of benzene rings is 1. The van der Waals surface area contributed by atoms with Crippen molar-refractivity contribution in [3.05, 3.63) is 34.9 Å². The van der Waals surface area contributed by atoms with Crippen LogP contribution < -0.4 is 0 Å². The van der Waals surface area contributed by atoms with Crippen LogP contribution in [0.25, 0.3) is 0 Å². The third kappa shape index (κ3) is 1.53. The number of Topliss-reactive ketones (excluding diaryl/α,β-unsaturated/α-hetero) is 1. The minimum Gasteiger partial charge on any atom is -0.393 e. The first-order valence-electron chi connectivity index (χ1n) is 4.89. The van der Waals surface area contributed by atoms with Gasteiger partial charge in [0.05, 0.1) is 23.7 Å². The number of nitriles is 1. The van der Waals surface area contributed by atoms with Gasteiger partial charge in [0.1, 0.15) is 0 Å². The molecular weight excluding hydrogens is 190 g/mol. The first kappa shape index (κ1) is 9.88. The van der Waals surface area contributed by atoms with Crippen LogP contribution in [0, 0.1) is 17.2 Å². The monoisotopic (exact) mass is 201 g/mol. The van der Waals surface area contributed by atoms with E-state index in [1.807, 2.05) is 6.07 Å². The molecule has 1 aromatic carbocycles. The number of aliphatic hydroxyl groups excluding tert-OH is 1. The van der Waals surface area contributed by atoms with Crippen molar-refractivity contribution >= 4 is 5.78 Å². The number of aliphatic hydroxyl groups is 1. The van der Waals surface area contributed by atoms with E-state index in [2.05, 4.69) is 0 Å². The lowest BCUT2D eigenvalue weighted by atomic mass is 10.00. The molecule has 0 amide bonds. The number of ketones is 1. The van der Waals surface area contributed by atoms with Gasteiger partial charge in [0, 0.05) is 5.56 Å². The highest BCUT2D eigenvalue weighted by Gasteiger charge is 2.33. The maximum atomic E-state index is 11.8. The van der Waals surface area contributed by atoms with E-state index in [1.165, 1.54) is 0 Å². The predicted octanol–water partition coefficient (Wildman–Crippen LogP) is 1.29. The average Bonchev–Trinajstić information content (AvgIpc) is 2.55. The van der Waals surface area contributed by atoms with E-state index in [1.54, 1.807) is 25.1 Å². The third-order valence-electron chi connectivity index (χ3n) is 2.86. The van der Waals surface area contributed by atoms with E-state index in [0.717, 1.165) is 5.56 Å². The molecule has 76 valence electrons. The molecule has 0 saturated heterocycles. The van der Waals surface area contributed by atoms with Crippen LogP contribution in [0.3, 0.4) is 0 Å². The molecule has 2 atom stereocenters. The standard InChI is InChI=1S/C12H11NO2/c1-7(14)11-5-9-4-8(6-13)2-3-10(9)12(11)15/h2-4,7,11,14H,5H2,1H3. The van der Waals surface area contributed by atoms with Crippen molar-refractivity contribution in [3.63, 3.8) is 0 Å². The van der Waals surface area contributed by atoms with Gasteiger partial charge in [-0.15, -0.1) is 0 Å². The lowest BCUT2D eigenvalue weighted by Crippen LogP contribution is -2.22. The summed E-state index contributed by atoms with van der Waals surface area (Å²) in [6.07, 6.45) is -0.0862. The first-order valence-corrected chi connectivity index (χ1v) is 4.89. The predicted molar refractivity (Wildman–Crippen MR) is 54.4 cm³/mol. The highest BCUT2D eigenvalue weighted by Crippen LogP contribution is 2.29. The second kappa shape index (κ2) is 3.48. The summed E-state index contributed by atoms with van der Waals surface area (Å²) < 4.78 is 0. The van der Waals surface area contributed by atoms with Crippen molar-refractivity contribution in [3.8, 4) is 6.07 Å². The molecule has 0 saturated carbocycles. The van der Waals surface area contributed by atoms with Crippen LogP contribution in [-0.2, 0) is 6.42 Å². The van der Waals surface area contributed by atoms with Crippen molar-refractivity contribution in [2.45, 2.75) is 19.4 Å². The van der Waals surface area contributed by atoms with Gasteiger partial charge in [-0.05, 0) is 37.1 Å². The summed E-state index contributed by atoms with van der Waals surface area (Å²) in [4.78, 5) is 11.8. The number of rotatable bonds is 1. The Morgan fingerprint density at radius 2 is 2.33 bits per heavy atom. The molecule has 1 aliphatic rings. The van der Waals surface area contributed by atoms with Gasteiger partial charge in [0.2, 0.25) is 0 Å². The summed E-state index contributed by atoms with van der Waals surface area (Å²) in [5, 5.41) is 18.2. The highest BCUT2D eigenvalue weighted by atomic mass is 16.3. The van der Waals surface area contributed by atoms with E-state index in [0.29, 0.717) is 17.5 Å². The fourth-order valence-electron chi connectivity index (χ4n) is 1.99. The quantitative estimate of drug-likeness (QED) is 0.744. The van der Waals surface area contributed by atoms with E-state index < -0.39 is 6.10 Å². The topological polar surface area (TPSA) is 61.1 Å². The Morgan fingerprint density at radius 1 is 1.60 bits per heavy atom. The van der Waals surface area contributed by atoms with Crippen LogP contribution in [0.5, 0.6) is 0 Å². The summed E-state index contributed by atoms with van der Waals surface area (Å²) in [6, 6.07) is 7.09. The van der Waals surface area contributed by atoms with E-state index >= 15 is 0 Å². The van der Waals surface area contributed by atoms with Crippen LogP contribution >= 0.6 is 0 Å². The number of hydrogen-bond acceptors (Lipinski definition) is 3. The van der Waals surface area contributed by atoms with Crippen LogP contribution in [0.2, 0.25) is 0 Å². The summed E-state index contributed by atoms with van der Waals surface area (Å²) in [6.45, 7) is 1.62. The number of carbonyl (C=O) groups is 1. The van der Waals surface area contributed by atoms with Crippen LogP contribution in [0.4, 0.5) is 0 Å². The lowest BCUT2D eigenvalue weighted by molar-refractivity contribution is 0.0758. The van der Waals surface area contributed by atoms with Crippen molar-refractivity contribution in [2.75, 3.05) is 0 Å². The molecule has 0 spiro atoms. The Morgan fingerprint density at radius 3 is 2.93 bits per heavy atom. The molecular formula is C12H11NO2. The molecule has 0 aliphatic heterocycles. The van der Waals surface area contributed by atoms with Gasteiger partial charge in [-0.25, -0.2) is 0 Å². The molecule has 1 aromatic rings. The van der Waals surface area contributed by atoms with E-state index in [4.69, 9.17) is 5.26 Å². The van der Waals surface area contributed by atoms with Gasteiger partial charge in [-0.2, -0.15) is 5.26 Å². The molecule has 2 rings (SSSR count). The molecule has 0 heterocycles. The normalized spacial score (nSPS) is 20.9. The van der Waals surface area contributed by atoms with Crippen LogP contribution in [0.15, 0.2) is 18.2 Å². The minimum atomic E-state index is -0.629. The Kier molecular flexibility index (Phi) is 2.29. The minimum absolute atomic E-state index is 0.00973. The molecule has 0 fully saturated rings. The average molecular weight is 201 g/mol. The third-order valence-corrected chi connectivity index (χ3v) is 2.86. The van der Waals surface area contributed by atoms with Gasteiger partial charge in [-0.1, -0.05) is 0 Å². The van der Waals surface area contributed by atoms with Crippen molar-refractivity contribution in [1.82, 2.24) is 0 Å². The second-order valence-electron chi connectivity index (χ2n) is 3.90. The SMILES string of the molecule is CC(O)C1Cc2cc(C#N)ccc2C1=O. The Labute approximate surface area is 88.0 Å². The first-order chi connectivity index (χ1) is 7.13. The Bertz CT molecular complexity index is 457. The zero-order valence-corrected chi connectivity index (χ0v) is 8.40. The summed E-state index contributed by atoms with van der Waals surface area (Å²) in [7, 11) is 0. The van der Waals surface area contributed by atoms with Gasteiger partial charge in [-0.3, -0.25) is 4.79 Å². The van der Waals surface area contributed by atoms with Gasteiger partial charge >= 0.3 is 0 Å². The fraction of sp³-hybridized carbons (Fsp3) is 0.333. The van der Waals surface area contributed by atoms with Gasteiger partial charge in [0.25, 0.3) is 0 Å². The number of carbonyl (C=O) groups excluding carboxylic acids is 1. The smallest absolute Gasteiger partial charge is 0.169 e. The van der Waals surface area contributed by atoms with Crippen molar-refractivity contribution < 1.29 is 9.90 Å². The summed E-state index contributed by atoms with van der Waals surface area (Å²) >= 11 is 0. The highest BCUT2D eigenvalue weighted by molar-refractivity contribution is 6.02. The summed E-state index contributed by atoms with van der Waals surface area (Å²) in [5.74, 6) is -0.349. The largest absolute Gasteiger partial charge is 0.393 e. The molecule has 0 aromatic heterocycles. The van der Waals surface area contributed by atoms with E-state index in [-0.39, 0.29) is 11.7 Å². The molecule has 1 N–H and O–H groups in total. The second-order valence-corrected chi connectivity index (χ2v) is 3.90. The van der Waals surface area contributed by atoms with Crippen LogP contribution in [0.1, 0.15) is 28.4 Å². The molecule has 0 radical (unpaired) electrons. The Hall–Kier alpha value is -1.66. The lowest BCUT2D eigenvalue weighted by Gasteiger charge is -2.09. The van der Waals surface area contributed by atoms with Gasteiger partial charge < -0.3 is 5.11 Å². The molecule has 2 unspecified atom stereocenters. The maximum absolute atomic E-state index is 11.8. The number of nitrogens with zero attached hydrogens (tertiary/aromatic N) is 1. The van der Waals surface area contributed by atoms with Crippen LogP contribution in [-0.4, -0.2) is 17.0 Å². The molecule has 15 heavy (non-hydrogen) atoms.